The standard InChI is InChI=1S/C17H20ClN3O/c18-16-4-2-1-3-15(16)11-17(22)21-8-5-14(6-9-21)12-20-10-7-19-13-20/h1-4,7,10,13-14H,5-6,8-9,11-12H2. The molecule has 0 N–H and O–H groups in total. The largest absolute Gasteiger partial charge is 0.342 e. The van der Waals surface area contributed by atoms with Crippen LogP contribution in [-0.4, -0.2) is 33.4 Å². The molecule has 2 aromatic rings. The van der Waals surface area contributed by atoms with Gasteiger partial charge in [0, 0.05) is 37.1 Å². The number of hydrogen-bond acceptors (Lipinski definition) is 2. The van der Waals surface area contributed by atoms with Crippen molar-refractivity contribution in [2.45, 2.75) is 25.8 Å². The summed E-state index contributed by atoms with van der Waals surface area (Å²) in [6.07, 6.45) is 8.15. The number of carbonyl (C=O) groups is 1. The van der Waals surface area contributed by atoms with Crippen LogP contribution in [0.5, 0.6) is 0 Å². The van der Waals surface area contributed by atoms with Gasteiger partial charge in [0.2, 0.25) is 5.91 Å². The minimum Gasteiger partial charge on any atom is -0.342 e. The number of hydrogen-bond donors (Lipinski definition) is 0. The van der Waals surface area contributed by atoms with Gasteiger partial charge in [-0.05, 0) is 30.4 Å². The molecule has 3 rings (SSSR count). The number of piperidine rings is 1. The smallest absolute Gasteiger partial charge is 0.227 e. The summed E-state index contributed by atoms with van der Waals surface area (Å²) in [5, 5.41) is 0.672. The van der Waals surface area contributed by atoms with Crippen molar-refractivity contribution in [1.82, 2.24) is 14.5 Å². The molecule has 2 heterocycles. The second-order valence-electron chi connectivity index (χ2n) is 5.85. The summed E-state index contributed by atoms with van der Waals surface area (Å²) in [6.45, 7) is 2.66. The topological polar surface area (TPSA) is 38.1 Å². The molecule has 1 aromatic carbocycles. The molecule has 0 bridgehead atoms. The van der Waals surface area contributed by atoms with Gasteiger partial charge < -0.3 is 9.47 Å². The number of amides is 1. The fourth-order valence-electron chi connectivity index (χ4n) is 2.97. The molecule has 22 heavy (non-hydrogen) atoms. The van der Waals surface area contributed by atoms with E-state index in [0.29, 0.717) is 17.4 Å². The highest BCUT2D eigenvalue weighted by atomic mass is 35.5. The molecule has 5 heteroatoms. The molecular weight excluding hydrogens is 298 g/mol. The van der Waals surface area contributed by atoms with Gasteiger partial charge in [-0.25, -0.2) is 4.98 Å². The highest BCUT2D eigenvalue weighted by Crippen LogP contribution is 2.21. The van der Waals surface area contributed by atoms with E-state index < -0.39 is 0 Å². The number of halogens is 1. The lowest BCUT2D eigenvalue weighted by Crippen LogP contribution is -2.40. The Morgan fingerprint density at radius 2 is 2.05 bits per heavy atom. The van der Waals surface area contributed by atoms with Gasteiger partial charge in [0.05, 0.1) is 12.7 Å². The summed E-state index contributed by atoms with van der Waals surface area (Å²) in [5.41, 5.74) is 0.912. The predicted octanol–water partition coefficient (Wildman–Crippen LogP) is 3.02. The van der Waals surface area contributed by atoms with Crippen LogP contribution < -0.4 is 0 Å². The van der Waals surface area contributed by atoms with E-state index in [0.717, 1.165) is 38.0 Å². The number of likely N-dealkylation sites (tertiary alicyclic amines) is 1. The third kappa shape index (κ3) is 3.69. The predicted molar refractivity (Wildman–Crippen MR) is 86.7 cm³/mol. The monoisotopic (exact) mass is 317 g/mol. The van der Waals surface area contributed by atoms with Crippen molar-refractivity contribution in [3.8, 4) is 0 Å². The Morgan fingerprint density at radius 3 is 2.73 bits per heavy atom. The summed E-state index contributed by atoms with van der Waals surface area (Å²) in [7, 11) is 0. The van der Waals surface area contributed by atoms with Gasteiger partial charge in [-0.1, -0.05) is 29.8 Å². The van der Waals surface area contributed by atoms with Crippen molar-refractivity contribution in [3.05, 3.63) is 53.6 Å². The van der Waals surface area contributed by atoms with E-state index in [9.17, 15) is 4.79 Å². The van der Waals surface area contributed by atoms with Crippen molar-refractivity contribution >= 4 is 17.5 Å². The zero-order valence-electron chi connectivity index (χ0n) is 12.5. The molecule has 1 aliphatic heterocycles. The van der Waals surface area contributed by atoms with Crippen LogP contribution in [0.3, 0.4) is 0 Å². The van der Waals surface area contributed by atoms with Crippen LogP contribution in [-0.2, 0) is 17.8 Å². The first-order chi connectivity index (χ1) is 10.7. The molecule has 1 fully saturated rings. The Labute approximate surface area is 135 Å². The molecule has 0 saturated carbocycles. The van der Waals surface area contributed by atoms with Crippen LogP contribution in [0, 0.1) is 5.92 Å². The van der Waals surface area contributed by atoms with Crippen LogP contribution in [0.1, 0.15) is 18.4 Å². The van der Waals surface area contributed by atoms with E-state index in [1.54, 1.807) is 0 Å². The first-order valence-electron chi connectivity index (χ1n) is 7.69. The van der Waals surface area contributed by atoms with Gasteiger partial charge in [0.25, 0.3) is 0 Å². The van der Waals surface area contributed by atoms with Crippen molar-refractivity contribution in [2.24, 2.45) is 5.92 Å². The normalized spacial score (nSPS) is 16.0. The summed E-state index contributed by atoms with van der Waals surface area (Å²) in [4.78, 5) is 18.4. The van der Waals surface area contributed by atoms with Crippen molar-refractivity contribution in [1.29, 1.82) is 0 Å². The third-order valence-electron chi connectivity index (χ3n) is 4.29. The molecule has 1 saturated heterocycles. The highest BCUT2D eigenvalue weighted by Gasteiger charge is 2.23. The Hall–Kier alpha value is -1.81. The molecule has 0 unspecified atom stereocenters. The first kappa shape index (κ1) is 15.1. The summed E-state index contributed by atoms with van der Waals surface area (Å²) < 4.78 is 2.12. The minimum atomic E-state index is 0.175. The second-order valence-corrected chi connectivity index (χ2v) is 6.26. The maximum Gasteiger partial charge on any atom is 0.227 e. The molecule has 4 nitrogen and oxygen atoms in total. The Balaban J connectivity index is 1.50. The quantitative estimate of drug-likeness (QED) is 0.869. The van der Waals surface area contributed by atoms with E-state index in [1.165, 1.54) is 0 Å². The Morgan fingerprint density at radius 1 is 1.27 bits per heavy atom. The zero-order valence-corrected chi connectivity index (χ0v) is 13.2. The van der Waals surface area contributed by atoms with Crippen LogP contribution in [0.4, 0.5) is 0 Å². The van der Waals surface area contributed by atoms with E-state index in [2.05, 4.69) is 9.55 Å². The van der Waals surface area contributed by atoms with E-state index in [4.69, 9.17) is 11.6 Å². The summed E-state index contributed by atoms with van der Waals surface area (Å²) in [5.74, 6) is 0.799. The van der Waals surface area contributed by atoms with Gasteiger partial charge in [-0.3, -0.25) is 4.79 Å². The number of carbonyl (C=O) groups excluding carboxylic acids is 1. The highest BCUT2D eigenvalue weighted by molar-refractivity contribution is 6.31. The van der Waals surface area contributed by atoms with Crippen LogP contribution >= 0.6 is 11.6 Å². The van der Waals surface area contributed by atoms with Gasteiger partial charge in [0.15, 0.2) is 0 Å². The second kappa shape index (κ2) is 6.97. The van der Waals surface area contributed by atoms with E-state index >= 15 is 0 Å². The van der Waals surface area contributed by atoms with Crippen molar-refractivity contribution in [3.63, 3.8) is 0 Å². The summed E-state index contributed by atoms with van der Waals surface area (Å²) in [6, 6.07) is 7.57. The Kier molecular flexibility index (Phi) is 4.78. The third-order valence-corrected chi connectivity index (χ3v) is 4.66. The van der Waals surface area contributed by atoms with Crippen LogP contribution in [0.2, 0.25) is 5.02 Å². The molecule has 0 spiro atoms. The number of benzene rings is 1. The minimum absolute atomic E-state index is 0.175. The molecule has 1 aliphatic rings. The van der Waals surface area contributed by atoms with Crippen LogP contribution in [0.25, 0.3) is 0 Å². The maximum absolute atomic E-state index is 12.4. The zero-order chi connectivity index (χ0) is 15.4. The fraction of sp³-hybridized carbons (Fsp3) is 0.412. The number of imidazole rings is 1. The maximum atomic E-state index is 12.4. The molecule has 0 atom stereocenters. The molecule has 0 radical (unpaired) electrons. The number of aromatic nitrogens is 2. The molecule has 1 amide bonds. The number of nitrogens with zero attached hydrogens (tertiary/aromatic N) is 3. The molecule has 1 aromatic heterocycles. The average molecular weight is 318 g/mol. The Bertz CT molecular complexity index is 619. The SMILES string of the molecule is O=C(Cc1ccccc1Cl)N1CCC(Cn2ccnc2)CC1. The average Bonchev–Trinajstić information content (AvgIpc) is 3.03. The van der Waals surface area contributed by atoms with Gasteiger partial charge in [-0.15, -0.1) is 0 Å². The van der Waals surface area contributed by atoms with E-state index in [-0.39, 0.29) is 5.91 Å². The van der Waals surface area contributed by atoms with Gasteiger partial charge in [-0.2, -0.15) is 0 Å². The van der Waals surface area contributed by atoms with Crippen molar-refractivity contribution < 1.29 is 4.79 Å². The van der Waals surface area contributed by atoms with Crippen LogP contribution in [0.15, 0.2) is 43.0 Å². The van der Waals surface area contributed by atoms with Crippen molar-refractivity contribution in [2.75, 3.05) is 13.1 Å². The lowest BCUT2D eigenvalue weighted by molar-refractivity contribution is -0.131. The lowest BCUT2D eigenvalue weighted by Gasteiger charge is -2.32. The van der Waals surface area contributed by atoms with Gasteiger partial charge in [0.1, 0.15) is 0 Å². The lowest BCUT2D eigenvalue weighted by atomic mass is 9.96. The summed E-state index contributed by atoms with van der Waals surface area (Å²) >= 11 is 6.13. The number of rotatable bonds is 4. The molecule has 116 valence electrons. The van der Waals surface area contributed by atoms with Gasteiger partial charge >= 0.3 is 0 Å². The first-order valence-corrected chi connectivity index (χ1v) is 8.07. The molecular formula is C17H20ClN3O. The fourth-order valence-corrected chi connectivity index (χ4v) is 3.18. The molecule has 0 aliphatic carbocycles. The van der Waals surface area contributed by atoms with E-state index in [1.807, 2.05) is 47.9 Å².